The monoisotopic (exact) mass is 490 g/mol. The first kappa shape index (κ1) is 24.7. The number of rotatable bonds is 8. The maximum absolute atomic E-state index is 14.5. The van der Waals surface area contributed by atoms with Gasteiger partial charge in [0.25, 0.3) is 0 Å². The van der Waals surface area contributed by atoms with Gasteiger partial charge in [-0.2, -0.15) is 0 Å². The van der Waals surface area contributed by atoms with Gasteiger partial charge in [-0.3, -0.25) is 14.9 Å². The Morgan fingerprint density at radius 3 is 1.94 bits per heavy atom. The number of halogens is 2. The van der Waals surface area contributed by atoms with Gasteiger partial charge in [-0.05, 0) is 86.3 Å². The highest BCUT2D eigenvalue weighted by Crippen LogP contribution is 2.26. The zero-order valence-electron chi connectivity index (χ0n) is 20.6. The number of aliphatic hydroxyl groups is 1. The third-order valence-corrected chi connectivity index (χ3v) is 7.03. The van der Waals surface area contributed by atoms with Crippen LogP contribution >= 0.6 is 0 Å². The van der Waals surface area contributed by atoms with E-state index in [0.29, 0.717) is 25.6 Å². The smallest absolute Gasteiger partial charge is 0.124 e. The Hall–Kier alpha value is -3.00. The number of hydrogen-bond donors (Lipinski definition) is 1. The molecular formula is C29H32F2N4O. The van der Waals surface area contributed by atoms with Crippen LogP contribution in [0.15, 0.2) is 60.9 Å². The van der Waals surface area contributed by atoms with E-state index in [9.17, 15) is 13.9 Å². The molecule has 0 saturated carbocycles. The molecule has 1 N–H and O–H groups in total. The van der Waals surface area contributed by atoms with Gasteiger partial charge in [0.05, 0.1) is 17.1 Å². The molecule has 1 atom stereocenters. The van der Waals surface area contributed by atoms with E-state index >= 15 is 0 Å². The Balaban J connectivity index is 1.43. The molecule has 1 fully saturated rings. The molecule has 188 valence electrons. The van der Waals surface area contributed by atoms with Crippen molar-refractivity contribution in [3.05, 3.63) is 83.7 Å². The lowest BCUT2D eigenvalue weighted by Crippen LogP contribution is -2.41. The Kier molecular flexibility index (Phi) is 7.51. The Morgan fingerprint density at radius 1 is 0.917 bits per heavy atom. The molecule has 0 unspecified atom stereocenters. The summed E-state index contributed by atoms with van der Waals surface area (Å²) >= 11 is 0. The second kappa shape index (κ2) is 10.9. The summed E-state index contributed by atoms with van der Waals surface area (Å²) in [5.74, 6) is -0.111. The first-order valence-corrected chi connectivity index (χ1v) is 12.6. The van der Waals surface area contributed by atoms with Crippen molar-refractivity contribution < 1.29 is 13.9 Å². The van der Waals surface area contributed by atoms with Gasteiger partial charge in [0.2, 0.25) is 0 Å². The summed E-state index contributed by atoms with van der Waals surface area (Å²) in [4.78, 5) is 13.7. The molecular weight excluding hydrogens is 458 g/mol. The van der Waals surface area contributed by atoms with Crippen LogP contribution in [0.25, 0.3) is 21.8 Å². The predicted molar refractivity (Wildman–Crippen MR) is 138 cm³/mol. The topological polar surface area (TPSA) is 52.5 Å². The van der Waals surface area contributed by atoms with Crippen LogP contribution in [0.1, 0.15) is 30.9 Å². The van der Waals surface area contributed by atoms with Crippen molar-refractivity contribution in [2.45, 2.75) is 39.0 Å². The van der Waals surface area contributed by atoms with E-state index in [4.69, 9.17) is 0 Å². The molecule has 0 aliphatic carbocycles. The summed E-state index contributed by atoms with van der Waals surface area (Å²) in [6.45, 7) is 6.21. The first-order valence-electron chi connectivity index (χ1n) is 12.6. The molecule has 2 aromatic carbocycles. The van der Waals surface area contributed by atoms with Gasteiger partial charge >= 0.3 is 0 Å². The lowest BCUT2D eigenvalue weighted by atomic mass is 9.95. The Labute approximate surface area is 210 Å². The minimum absolute atomic E-state index is 0.283. The number of aliphatic hydroxyl groups excluding tert-OH is 1. The van der Waals surface area contributed by atoms with Gasteiger partial charge in [-0.15, -0.1) is 0 Å². The number of pyridine rings is 2. The SMILES string of the molecule is C[C@@H](O)CN1CCC(CN(Cc2cc(F)cc3cccnc23)Cc2cc(F)cc3cccnc23)CC1. The molecule has 1 aliphatic rings. The molecule has 5 nitrogen and oxygen atoms in total. The molecule has 5 rings (SSSR count). The summed E-state index contributed by atoms with van der Waals surface area (Å²) in [7, 11) is 0. The Bertz CT molecular complexity index is 1250. The largest absolute Gasteiger partial charge is 0.392 e. The molecule has 0 amide bonds. The number of piperidine rings is 1. The molecule has 36 heavy (non-hydrogen) atoms. The number of fused-ring (bicyclic) bond motifs is 2. The van der Waals surface area contributed by atoms with E-state index in [-0.39, 0.29) is 17.7 Å². The standard InChI is InChI=1S/C29H32F2N4O/c1-20(36)16-34-10-6-21(7-11-34)17-35(18-24-14-26(30)12-22-4-2-8-32-28(22)24)19-25-15-27(31)13-23-5-3-9-33-29(23)25/h2-5,8-9,12-15,20-21,36H,6-7,10-11,16-19H2,1H3/t20-/m1/s1. The van der Waals surface area contributed by atoms with Crippen molar-refractivity contribution in [3.8, 4) is 0 Å². The normalized spacial score (nSPS) is 16.2. The van der Waals surface area contributed by atoms with Crippen LogP contribution in [0.2, 0.25) is 0 Å². The van der Waals surface area contributed by atoms with Gasteiger partial charge in [0, 0.05) is 49.3 Å². The third-order valence-electron chi connectivity index (χ3n) is 7.03. The van der Waals surface area contributed by atoms with Crippen LogP contribution in [0, 0.1) is 17.6 Å². The average molecular weight is 491 g/mol. The number of benzene rings is 2. The highest BCUT2D eigenvalue weighted by Gasteiger charge is 2.23. The van der Waals surface area contributed by atoms with Crippen molar-refractivity contribution in [1.29, 1.82) is 0 Å². The molecule has 0 bridgehead atoms. The van der Waals surface area contributed by atoms with Crippen LogP contribution in [0.3, 0.4) is 0 Å². The van der Waals surface area contributed by atoms with Gasteiger partial charge in [-0.1, -0.05) is 12.1 Å². The zero-order chi connectivity index (χ0) is 25.1. The molecule has 1 aliphatic heterocycles. The van der Waals surface area contributed by atoms with Crippen molar-refractivity contribution in [2.75, 3.05) is 26.2 Å². The minimum Gasteiger partial charge on any atom is -0.392 e. The number of likely N-dealkylation sites (tertiary alicyclic amines) is 1. The molecule has 4 aromatic rings. The van der Waals surface area contributed by atoms with Crippen molar-refractivity contribution in [1.82, 2.24) is 19.8 Å². The zero-order valence-corrected chi connectivity index (χ0v) is 20.6. The summed E-state index contributed by atoms with van der Waals surface area (Å²) in [5, 5.41) is 11.3. The van der Waals surface area contributed by atoms with E-state index in [2.05, 4.69) is 19.8 Å². The predicted octanol–water partition coefficient (Wildman–Crippen LogP) is 5.16. The second-order valence-electron chi connectivity index (χ2n) is 10.0. The average Bonchev–Trinajstić information content (AvgIpc) is 2.84. The van der Waals surface area contributed by atoms with Crippen LogP contribution in [-0.2, 0) is 13.1 Å². The lowest BCUT2D eigenvalue weighted by molar-refractivity contribution is 0.0876. The van der Waals surface area contributed by atoms with Crippen LogP contribution in [0.5, 0.6) is 0 Å². The molecule has 1 saturated heterocycles. The number of nitrogens with zero attached hydrogens (tertiary/aromatic N) is 4. The molecule has 0 radical (unpaired) electrons. The summed E-state index contributed by atoms with van der Waals surface area (Å²) in [5.41, 5.74) is 3.23. The van der Waals surface area contributed by atoms with Gasteiger partial charge in [0.1, 0.15) is 11.6 Å². The summed E-state index contributed by atoms with van der Waals surface area (Å²) in [6, 6.07) is 13.5. The number of β-amino-alcohol motifs (C(OH)–C–C–N with tert-alkyl or cyclic N) is 1. The van der Waals surface area contributed by atoms with Crippen molar-refractivity contribution in [2.24, 2.45) is 5.92 Å². The fourth-order valence-corrected chi connectivity index (χ4v) is 5.45. The maximum atomic E-state index is 14.5. The van der Waals surface area contributed by atoms with Crippen molar-refractivity contribution >= 4 is 21.8 Å². The van der Waals surface area contributed by atoms with Crippen molar-refractivity contribution in [3.63, 3.8) is 0 Å². The van der Waals surface area contributed by atoms with Gasteiger partial charge in [-0.25, -0.2) is 8.78 Å². The minimum atomic E-state index is -0.333. The highest BCUT2D eigenvalue weighted by molar-refractivity contribution is 5.82. The van der Waals surface area contributed by atoms with E-state index in [1.807, 2.05) is 31.2 Å². The van der Waals surface area contributed by atoms with Crippen LogP contribution < -0.4 is 0 Å². The van der Waals surface area contributed by atoms with Crippen LogP contribution in [-0.4, -0.2) is 57.2 Å². The van der Waals surface area contributed by atoms with E-state index in [0.717, 1.165) is 65.4 Å². The van der Waals surface area contributed by atoms with Crippen LogP contribution in [0.4, 0.5) is 8.78 Å². The maximum Gasteiger partial charge on any atom is 0.124 e. The van der Waals surface area contributed by atoms with Gasteiger partial charge in [0.15, 0.2) is 0 Å². The third kappa shape index (κ3) is 5.86. The fourth-order valence-electron chi connectivity index (χ4n) is 5.45. The van der Waals surface area contributed by atoms with Gasteiger partial charge < -0.3 is 10.0 Å². The summed E-state index contributed by atoms with van der Waals surface area (Å²) in [6.07, 6.45) is 5.17. The molecule has 7 heteroatoms. The molecule has 2 aromatic heterocycles. The van der Waals surface area contributed by atoms with E-state index in [1.54, 1.807) is 24.5 Å². The summed E-state index contributed by atoms with van der Waals surface area (Å²) < 4.78 is 29.0. The first-order chi connectivity index (χ1) is 17.4. The van der Waals surface area contributed by atoms with E-state index in [1.165, 1.54) is 12.1 Å². The lowest BCUT2D eigenvalue weighted by Gasteiger charge is -2.35. The fraction of sp³-hybridized carbons (Fsp3) is 0.379. The Morgan fingerprint density at radius 2 is 1.44 bits per heavy atom. The highest BCUT2D eigenvalue weighted by atomic mass is 19.1. The molecule has 3 heterocycles. The number of aromatic nitrogens is 2. The second-order valence-corrected chi connectivity index (χ2v) is 10.0. The van der Waals surface area contributed by atoms with E-state index < -0.39 is 0 Å². The number of hydrogen-bond acceptors (Lipinski definition) is 5. The molecule has 0 spiro atoms. The quantitative estimate of drug-likeness (QED) is 0.370.